The van der Waals surface area contributed by atoms with E-state index in [-0.39, 0.29) is 5.75 Å². The molecule has 0 atom stereocenters. The molecule has 2 aromatic rings. The summed E-state index contributed by atoms with van der Waals surface area (Å²) in [5.74, 6) is 0.666. The number of phenolic OH excluding ortho intramolecular Hbond substituents is 1. The molecule has 0 aliphatic carbocycles. The summed E-state index contributed by atoms with van der Waals surface area (Å²) in [5.41, 5.74) is 1.66. The predicted molar refractivity (Wildman–Crippen MR) is 69.8 cm³/mol. The smallest absolute Gasteiger partial charge is 0.126 e. The zero-order chi connectivity index (χ0) is 13.1. The average molecular weight is 260 g/mol. The maximum absolute atomic E-state index is 9.87. The van der Waals surface area contributed by atoms with E-state index in [0.29, 0.717) is 27.5 Å². The Hall–Kier alpha value is -2.18. The molecule has 0 aliphatic heterocycles. The molecule has 2 aromatic carbocycles. The number of methoxy groups -OCH3 is 1. The Morgan fingerprint density at radius 3 is 2.61 bits per heavy atom. The largest absolute Gasteiger partial charge is 0.507 e. The maximum atomic E-state index is 9.87. The van der Waals surface area contributed by atoms with E-state index < -0.39 is 0 Å². The first kappa shape index (κ1) is 12.3. The van der Waals surface area contributed by atoms with Crippen LogP contribution in [0, 0.1) is 11.3 Å². The summed E-state index contributed by atoms with van der Waals surface area (Å²) in [5, 5.41) is 19.3. The van der Waals surface area contributed by atoms with E-state index in [1.165, 1.54) is 13.2 Å². The van der Waals surface area contributed by atoms with Crippen molar-refractivity contribution in [2.75, 3.05) is 7.11 Å². The van der Waals surface area contributed by atoms with Gasteiger partial charge in [0.1, 0.15) is 11.5 Å². The molecule has 0 saturated carbocycles. The van der Waals surface area contributed by atoms with Crippen molar-refractivity contribution >= 4 is 11.6 Å². The fraction of sp³-hybridized carbons (Fsp3) is 0.0714. The number of hydrogen-bond acceptors (Lipinski definition) is 3. The van der Waals surface area contributed by atoms with Crippen LogP contribution >= 0.6 is 11.6 Å². The summed E-state index contributed by atoms with van der Waals surface area (Å²) in [7, 11) is 1.53. The first-order chi connectivity index (χ1) is 8.65. The number of hydrogen-bond donors (Lipinski definition) is 1. The van der Waals surface area contributed by atoms with Crippen molar-refractivity contribution in [2.24, 2.45) is 0 Å². The van der Waals surface area contributed by atoms with Crippen LogP contribution in [0.15, 0.2) is 36.4 Å². The Bertz CT molecular complexity index is 632. The molecule has 0 aromatic heterocycles. The van der Waals surface area contributed by atoms with Gasteiger partial charge in [0.2, 0.25) is 0 Å². The van der Waals surface area contributed by atoms with Gasteiger partial charge in [0, 0.05) is 16.1 Å². The number of phenols is 1. The first-order valence-corrected chi connectivity index (χ1v) is 5.60. The second-order valence-electron chi connectivity index (χ2n) is 3.69. The van der Waals surface area contributed by atoms with E-state index in [1.54, 1.807) is 30.3 Å². The van der Waals surface area contributed by atoms with Crippen LogP contribution < -0.4 is 4.74 Å². The second kappa shape index (κ2) is 4.99. The van der Waals surface area contributed by atoms with Crippen molar-refractivity contribution < 1.29 is 9.84 Å². The Balaban J connectivity index is 2.69. The van der Waals surface area contributed by atoms with Crippen LogP contribution in [-0.4, -0.2) is 12.2 Å². The monoisotopic (exact) mass is 259 g/mol. The summed E-state index contributed by atoms with van der Waals surface area (Å²) in [6.45, 7) is 0. The Morgan fingerprint density at radius 2 is 1.94 bits per heavy atom. The fourth-order valence-corrected chi connectivity index (χ4v) is 1.88. The van der Waals surface area contributed by atoms with E-state index in [1.807, 2.05) is 0 Å². The summed E-state index contributed by atoms with van der Waals surface area (Å²) >= 11 is 5.92. The summed E-state index contributed by atoms with van der Waals surface area (Å²) in [4.78, 5) is 0. The van der Waals surface area contributed by atoms with Gasteiger partial charge in [-0.15, -0.1) is 0 Å². The van der Waals surface area contributed by atoms with Gasteiger partial charge in [-0.2, -0.15) is 5.26 Å². The minimum atomic E-state index is 0.0905. The lowest BCUT2D eigenvalue weighted by atomic mass is 10.0. The molecule has 0 amide bonds. The molecule has 0 unspecified atom stereocenters. The number of aromatic hydroxyl groups is 1. The minimum absolute atomic E-state index is 0.0905. The number of nitriles is 1. The Kier molecular flexibility index (Phi) is 3.40. The standard InChI is InChI=1S/C14H10ClNO2/c1-18-14-5-2-9(8-16)6-12(14)11-7-10(15)3-4-13(11)17/h2-7,17H,1H3. The van der Waals surface area contributed by atoms with Gasteiger partial charge in [-0.3, -0.25) is 0 Å². The minimum Gasteiger partial charge on any atom is -0.507 e. The van der Waals surface area contributed by atoms with E-state index in [0.717, 1.165) is 0 Å². The van der Waals surface area contributed by atoms with Crippen LogP contribution in [0.1, 0.15) is 5.56 Å². The van der Waals surface area contributed by atoms with Crippen LogP contribution in [0.3, 0.4) is 0 Å². The number of halogens is 1. The molecule has 90 valence electrons. The highest BCUT2D eigenvalue weighted by molar-refractivity contribution is 6.31. The van der Waals surface area contributed by atoms with Crippen molar-refractivity contribution in [3.63, 3.8) is 0 Å². The molecule has 4 heteroatoms. The molecule has 0 spiro atoms. The lowest BCUT2D eigenvalue weighted by Gasteiger charge is -2.10. The molecular formula is C14H10ClNO2. The first-order valence-electron chi connectivity index (χ1n) is 5.22. The third-order valence-electron chi connectivity index (χ3n) is 2.58. The quantitative estimate of drug-likeness (QED) is 0.897. The molecule has 0 bridgehead atoms. The zero-order valence-corrected chi connectivity index (χ0v) is 10.4. The topological polar surface area (TPSA) is 53.2 Å². The molecule has 0 radical (unpaired) electrons. The Morgan fingerprint density at radius 1 is 1.17 bits per heavy atom. The van der Waals surface area contributed by atoms with Gasteiger partial charge in [-0.1, -0.05) is 11.6 Å². The summed E-state index contributed by atoms with van der Waals surface area (Å²) in [6, 6.07) is 11.8. The molecule has 3 nitrogen and oxygen atoms in total. The van der Waals surface area contributed by atoms with E-state index in [9.17, 15) is 5.11 Å². The van der Waals surface area contributed by atoms with Gasteiger partial charge in [0.25, 0.3) is 0 Å². The average Bonchev–Trinajstić information content (AvgIpc) is 2.40. The molecule has 0 aliphatic rings. The summed E-state index contributed by atoms with van der Waals surface area (Å²) in [6.07, 6.45) is 0. The highest BCUT2D eigenvalue weighted by Crippen LogP contribution is 2.37. The lowest BCUT2D eigenvalue weighted by Crippen LogP contribution is -1.89. The highest BCUT2D eigenvalue weighted by Gasteiger charge is 2.11. The normalized spacial score (nSPS) is 9.83. The van der Waals surface area contributed by atoms with Crippen LogP contribution in [0.25, 0.3) is 11.1 Å². The van der Waals surface area contributed by atoms with Crippen molar-refractivity contribution in [2.45, 2.75) is 0 Å². The molecule has 1 N–H and O–H groups in total. The van der Waals surface area contributed by atoms with Crippen LogP contribution in [0.4, 0.5) is 0 Å². The van der Waals surface area contributed by atoms with Gasteiger partial charge in [-0.05, 0) is 36.4 Å². The molecule has 18 heavy (non-hydrogen) atoms. The number of nitrogens with zero attached hydrogens (tertiary/aromatic N) is 1. The van der Waals surface area contributed by atoms with Crippen molar-refractivity contribution in [1.29, 1.82) is 5.26 Å². The van der Waals surface area contributed by atoms with Gasteiger partial charge in [0.05, 0.1) is 18.7 Å². The number of rotatable bonds is 2. The molecule has 0 fully saturated rings. The van der Waals surface area contributed by atoms with Gasteiger partial charge in [-0.25, -0.2) is 0 Å². The zero-order valence-electron chi connectivity index (χ0n) is 9.64. The third-order valence-corrected chi connectivity index (χ3v) is 2.81. The maximum Gasteiger partial charge on any atom is 0.126 e. The third kappa shape index (κ3) is 2.24. The van der Waals surface area contributed by atoms with Crippen molar-refractivity contribution in [1.82, 2.24) is 0 Å². The van der Waals surface area contributed by atoms with Gasteiger partial charge < -0.3 is 9.84 Å². The van der Waals surface area contributed by atoms with Crippen LogP contribution in [-0.2, 0) is 0 Å². The highest BCUT2D eigenvalue weighted by atomic mass is 35.5. The van der Waals surface area contributed by atoms with Crippen molar-refractivity contribution in [3.8, 4) is 28.7 Å². The number of ether oxygens (including phenoxy) is 1. The molecule has 2 rings (SSSR count). The van der Waals surface area contributed by atoms with Crippen molar-refractivity contribution in [3.05, 3.63) is 47.0 Å². The van der Waals surface area contributed by atoms with Gasteiger partial charge in [0.15, 0.2) is 0 Å². The predicted octanol–water partition coefficient (Wildman–Crippen LogP) is 3.59. The molecule has 0 saturated heterocycles. The van der Waals surface area contributed by atoms with Gasteiger partial charge >= 0.3 is 0 Å². The molecular weight excluding hydrogens is 250 g/mol. The Labute approximate surface area is 110 Å². The lowest BCUT2D eigenvalue weighted by molar-refractivity contribution is 0.415. The fourth-order valence-electron chi connectivity index (χ4n) is 1.71. The SMILES string of the molecule is COc1ccc(C#N)cc1-c1cc(Cl)ccc1O. The van der Waals surface area contributed by atoms with E-state index >= 15 is 0 Å². The second-order valence-corrected chi connectivity index (χ2v) is 4.12. The molecule has 0 heterocycles. The summed E-state index contributed by atoms with van der Waals surface area (Å²) < 4.78 is 5.23. The van der Waals surface area contributed by atoms with Crippen LogP contribution in [0.2, 0.25) is 5.02 Å². The number of benzene rings is 2. The van der Waals surface area contributed by atoms with Crippen LogP contribution in [0.5, 0.6) is 11.5 Å². The van der Waals surface area contributed by atoms with E-state index in [2.05, 4.69) is 6.07 Å². The van der Waals surface area contributed by atoms with E-state index in [4.69, 9.17) is 21.6 Å².